The number of halogens is 1. The molecule has 0 aliphatic heterocycles. The van der Waals surface area contributed by atoms with E-state index in [1.165, 1.54) is 23.8 Å². The molecule has 0 spiro atoms. The van der Waals surface area contributed by atoms with Crippen molar-refractivity contribution in [2.75, 3.05) is 5.32 Å². The first kappa shape index (κ1) is 14.6. The first-order valence-corrected chi connectivity index (χ1v) is 6.47. The Morgan fingerprint density at radius 2 is 2.05 bits per heavy atom. The minimum Gasteiger partial charge on any atom is -0.467 e. The van der Waals surface area contributed by atoms with Crippen LogP contribution < -0.4 is 11.1 Å². The van der Waals surface area contributed by atoms with Crippen LogP contribution in [0.1, 0.15) is 33.7 Å². The van der Waals surface area contributed by atoms with Gasteiger partial charge in [0.1, 0.15) is 12.0 Å². The van der Waals surface area contributed by atoms with Gasteiger partial charge in [0.25, 0.3) is 5.91 Å². The molecule has 3 N–H and O–H groups in total. The van der Waals surface area contributed by atoms with E-state index in [-0.39, 0.29) is 18.3 Å². The van der Waals surface area contributed by atoms with E-state index in [4.69, 9.17) is 10.2 Å². The topological polar surface area (TPSA) is 68.3 Å². The zero-order valence-corrected chi connectivity index (χ0v) is 11.8. The van der Waals surface area contributed by atoms with Crippen LogP contribution in [0.3, 0.4) is 0 Å². The first-order valence-electron chi connectivity index (χ1n) is 6.47. The maximum absolute atomic E-state index is 12.0. The molecule has 1 amide bonds. The average molecular weight is 293 g/mol. The highest BCUT2D eigenvalue weighted by Crippen LogP contribution is 2.25. The monoisotopic (exact) mass is 292 g/mol. The number of furan rings is 1. The molecule has 1 aliphatic carbocycles. The smallest absolute Gasteiger partial charge is 0.258 e. The van der Waals surface area contributed by atoms with E-state index in [1.54, 1.807) is 6.07 Å². The zero-order chi connectivity index (χ0) is 13.2. The largest absolute Gasteiger partial charge is 0.467 e. The van der Waals surface area contributed by atoms with Gasteiger partial charge in [-0.3, -0.25) is 4.79 Å². The summed E-state index contributed by atoms with van der Waals surface area (Å²) in [4.78, 5) is 12.0. The van der Waals surface area contributed by atoms with Crippen molar-refractivity contribution < 1.29 is 9.21 Å². The van der Waals surface area contributed by atoms with Gasteiger partial charge in [-0.25, -0.2) is 0 Å². The molecule has 0 unspecified atom stereocenters. The van der Waals surface area contributed by atoms with Crippen LogP contribution in [0.25, 0.3) is 0 Å². The number of nitrogens with one attached hydrogen (secondary N) is 1. The van der Waals surface area contributed by atoms with Crippen LogP contribution in [0.4, 0.5) is 5.69 Å². The standard InChI is InChI=1S/C15H16N2O2.ClH/c16-8-14-7-12(9-19-14)15(18)17-13-5-4-10-2-1-3-11(10)6-13;/h4-7,9H,1-3,8,16H2,(H,17,18);1H. The van der Waals surface area contributed by atoms with Gasteiger partial charge in [-0.2, -0.15) is 0 Å². The van der Waals surface area contributed by atoms with Gasteiger partial charge >= 0.3 is 0 Å². The lowest BCUT2D eigenvalue weighted by atomic mass is 10.1. The Morgan fingerprint density at radius 1 is 1.25 bits per heavy atom. The van der Waals surface area contributed by atoms with Gasteiger partial charge in [-0.05, 0) is 48.6 Å². The molecular weight excluding hydrogens is 276 g/mol. The SMILES string of the molecule is Cl.NCc1cc(C(=O)Nc2ccc3c(c2)CCC3)co1. The normalized spacial score (nSPS) is 12.7. The average Bonchev–Trinajstić information content (AvgIpc) is 3.06. The molecule has 1 aliphatic rings. The molecule has 0 saturated heterocycles. The minimum atomic E-state index is -0.165. The van der Waals surface area contributed by atoms with Crippen molar-refractivity contribution in [2.45, 2.75) is 25.8 Å². The fourth-order valence-corrected chi connectivity index (χ4v) is 2.46. The van der Waals surface area contributed by atoms with Crippen LogP contribution in [0.15, 0.2) is 34.9 Å². The van der Waals surface area contributed by atoms with Crippen molar-refractivity contribution in [3.05, 3.63) is 53.0 Å². The molecular formula is C15H17ClN2O2. The molecule has 0 radical (unpaired) electrons. The molecule has 1 aromatic carbocycles. The Labute approximate surface area is 123 Å². The number of fused-ring (bicyclic) bond motifs is 1. The van der Waals surface area contributed by atoms with Crippen LogP contribution in [-0.4, -0.2) is 5.91 Å². The minimum absolute atomic E-state index is 0. The number of hydrogen-bond donors (Lipinski definition) is 2. The van der Waals surface area contributed by atoms with Gasteiger partial charge in [0.15, 0.2) is 0 Å². The van der Waals surface area contributed by atoms with Crippen molar-refractivity contribution in [1.82, 2.24) is 0 Å². The van der Waals surface area contributed by atoms with Crippen molar-refractivity contribution in [1.29, 1.82) is 0 Å². The third-order valence-corrected chi connectivity index (χ3v) is 3.47. The van der Waals surface area contributed by atoms with E-state index >= 15 is 0 Å². The lowest BCUT2D eigenvalue weighted by molar-refractivity contribution is 0.102. The Morgan fingerprint density at radius 3 is 2.80 bits per heavy atom. The lowest BCUT2D eigenvalue weighted by Crippen LogP contribution is -2.11. The molecule has 0 bridgehead atoms. The predicted octanol–water partition coefficient (Wildman–Crippen LogP) is 2.90. The summed E-state index contributed by atoms with van der Waals surface area (Å²) in [6.07, 6.45) is 4.88. The van der Waals surface area contributed by atoms with Crippen molar-refractivity contribution in [3.63, 3.8) is 0 Å². The van der Waals surface area contributed by atoms with Gasteiger partial charge in [0, 0.05) is 5.69 Å². The molecule has 5 heteroatoms. The second-order valence-corrected chi connectivity index (χ2v) is 4.80. The molecule has 1 aromatic heterocycles. The van der Waals surface area contributed by atoms with Gasteiger partial charge < -0.3 is 15.5 Å². The summed E-state index contributed by atoms with van der Waals surface area (Å²) in [6.45, 7) is 0.298. The first-order chi connectivity index (χ1) is 9.26. The molecule has 20 heavy (non-hydrogen) atoms. The van der Waals surface area contributed by atoms with E-state index < -0.39 is 0 Å². The van der Waals surface area contributed by atoms with Gasteiger partial charge in [-0.15, -0.1) is 12.4 Å². The summed E-state index contributed by atoms with van der Waals surface area (Å²) >= 11 is 0. The second kappa shape index (κ2) is 6.11. The van der Waals surface area contributed by atoms with E-state index in [2.05, 4.69) is 17.4 Å². The maximum Gasteiger partial charge on any atom is 0.258 e. The van der Waals surface area contributed by atoms with Crippen molar-refractivity contribution in [2.24, 2.45) is 5.73 Å². The second-order valence-electron chi connectivity index (χ2n) is 4.80. The highest BCUT2D eigenvalue weighted by Gasteiger charge is 2.13. The summed E-state index contributed by atoms with van der Waals surface area (Å²) in [5, 5.41) is 2.89. The van der Waals surface area contributed by atoms with Gasteiger partial charge in [0.05, 0.1) is 12.1 Å². The molecule has 3 rings (SSSR count). The molecule has 0 saturated carbocycles. The number of carbonyl (C=O) groups is 1. The number of aryl methyl sites for hydroxylation is 2. The van der Waals surface area contributed by atoms with E-state index in [0.29, 0.717) is 17.9 Å². The Balaban J connectivity index is 0.00000147. The van der Waals surface area contributed by atoms with Gasteiger partial charge in [-0.1, -0.05) is 6.07 Å². The van der Waals surface area contributed by atoms with Crippen LogP contribution >= 0.6 is 12.4 Å². The van der Waals surface area contributed by atoms with Crippen LogP contribution in [0, 0.1) is 0 Å². The summed E-state index contributed by atoms with van der Waals surface area (Å²) < 4.78 is 5.16. The van der Waals surface area contributed by atoms with E-state index in [0.717, 1.165) is 18.5 Å². The lowest BCUT2D eigenvalue weighted by Gasteiger charge is -2.06. The predicted molar refractivity (Wildman–Crippen MR) is 80.3 cm³/mol. The van der Waals surface area contributed by atoms with Crippen LogP contribution in [-0.2, 0) is 19.4 Å². The number of rotatable bonds is 3. The third kappa shape index (κ3) is 2.86. The fraction of sp³-hybridized carbons (Fsp3) is 0.267. The van der Waals surface area contributed by atoms with Crippen LogP contribution in [0.2, 0.25) is 0 Å². The molecule has 4 nitrogen and oxygen atoms in total. The summed E-state index contributed by atoms with van der Waals surface area (Å²) in [5.41, 5.74) is 9.52. The molecule has 106 valence electrons. The highest BCUT2D eigenvalue weighted by atomic mass is 35.5. The van der Waals surface area contributed by atoms with E-state index in [9.17, 15) is 4.79 Å². The number of benzene rings is 1. The Kier molecular flexibility index (Phi) is 4.47. The van der Waals surface area contributed by atoms with Gasteiger partial charge in [0.2, 0.25) is 0 Å². The zero-order valence-electron chi connectivity index (χ0n) is 11.0. The maximum atomic E-state index is 12.0. The van der Waals surface area contributed by atoms with Crippen LogP contribution in [0.5, 0.6) is 0 Å². The summed E-state index contributed by atoms with van der Waals surface area (Å²) in [6, 6.07) is 7.78. The number of nitrogens with two attached hydrogens (primary N) is 1. The quantitative estimate of drug-likeness (QED) is 0.914. The summed E-state index contributed by atoms with van der Waals surface area (Å²) in [5.74, 6) is 0.445. The number of hydrogen-bond acceptors (Lipinski definition) is 3. The highest BCUT2D eigenvalue weighted by molar-refractivity contribution is 6.04. The molecule has 1 heterocycles. The third-order valence-electron chi connectivity index (χ3n) is 3.47. The van der Waals surface area contributed by atoms with Crippen molar-refractivity contribution >= 4 is 24.0 Å². The molecule has 2 aromatic rings. The molecule has 0 fully saturated rings. The molecule has 0 atom stereocenters. The fourth-order valence-electron chi connectivity index (χ4n) is 2.46. The Bertz CT molecular complexity index is 622. The number of amides is 1. The van der Waals surface area contributed by atoms with E-state index in [1.807, 2.05) is 6.07 Å². The Hall–Kier alpha value is -1.78. The number of anilines is 1. The van der Waals surface area contributed by atoms with Crippen molar-refractivity contribution in [3.8, 4) is 0 Å². The number of carbonyl (C=O) groups excluding carboxylic acids is 1. The summed E-state index contributed by atoms with van der Waals surface area (Å²) in [7, 11) is 0.